The Kier molecular flexibility index (Phi) is 2.96. The van der Waals surface area contributed by atoms with Crippen LogP contribution < -0.4 is 0 Å². The van der Waals surface area contributed by atoms with E-state index in [1.54, 1.807) is 0 Å². The molecule has 90 valence electrons. The molecule has 1 aliphatic carbocycles. The van der Waals surface area contributed by atoms with Crippen molar-refractivity contribution < 1.29 is 9.31 Å². The molecule has 0 aromatic heterocycles. The van der Waals surface area contributed by atoms with E-state index in [9.17, 15) is 0 Å². The first kappa shape index (κ1) is 12.2. The molecule has 0 saturated carbocycles. The Morgan fingerprint density at radius 2 is 1.75 bits per heavy atom. The Morgan fingerprint density at radius 1 is 1.19 bits per heavy atom. The molecule has 0 aromatic rings. The van der Waals surface area contributed by atoms with Gasteiger partial charge in [-0.25, -0.2) is 0 Å². The lowest BCUT2D eigenvalue weighted by Crippen LogP contribution is -2.41. The van der Waals surface area contributed by atoms with E-state index >= 15 is 0 Å². The van der Waals surface area contributed by atoms with Gasteiger partial charge in [0.1, 0.15) is 0 Å². The van der Waals surface area contributed by atoms with Crippen molar-refractivity contribution in [3.05, 3.63) is 11.5 Å². The van der Waals surface area contributed by atoms with Crippen LogP contribution in [0.25, 0.3) is 0 Å². The van der Waals surface area contributed by atoms with Gasteiger partial charge in [0, 0.05) is 0 Å². The molecule has 1 saturated heterocycles. The maximum atomic E-state index is 6.08. The van der Waals surface area contributed by atoms with Crippen molar-refractivity contribution in [2.45, 2.75) is 65.1 Å². The van der Waals surface area contributed by atoms with Crippen LogP contribution in [0.15, 0.2) is 11.5 Å². The third kappa shape index (κ3) is 1.95. The van der Waals surface area contributed by atoms with E-state index in [1.165, 1.54) is 24.7 Å². The van der Waals surface area contributed by atoms with E-state index in [4.69, 9.17) is 9.31 Å². The molecule has 2 aliphatic rings. The molecule has 0 aromatic carbocycles. The minimum atomic E-state index is -0.213. The molecule has 3 heteroatoms. The Morgan fingerprint density at radius 3 is 2.25 bits per heavy atom. The molecule has 1 fully saturated rings. The highest BCUT2D eigenvalue weighted by atomic mass is 16.7. The lowest BCUT2D eigenvalue weighted by molar-refractivity contribution is 0.00578. The van der Waals surface area contributed by atoms with Gasteiger partial charge in [0.25, 0.3) is 0 Å². The van der Waals surface area contributed by atoms with Crippen molar-refractivity contribution in [2.75, 3.05) is 0 Å². The van der Waals surface area contributed by atoms with Crippen molar-refractivity contribution in [3.8, 4) is 0 Å². The Bertz CT molecular complexity index is 291. The summed E-state index contributed by atoms with van der Waals surface area (Å²) in [5, 5.41) is 0. The van der Waals surface area contributed by atoms with E-state index in [0.29, 0.717) is 5.92 Å². The first-order valence-electron chi connectivity index (χ1n) is 6.39. The number of hydrogen-bond acceptors (Lipinski definition) is 2. The van der Waals surface area contributed by atoms with Crippen LogP contribution in [0.4, 0.5) is 0 Å². The van der Waals surface area contributed by atoms with E-state index in [0.717, 1.165) is 0 Å². The fraction of sp³-hybridized carbons (Fsp3) is 0.846. The fourth-order valence-electron chi connectivity index (χ4n) is 2.37. The number of hydrogen-bond donors (Lipinski definition) is 0. The monoisotopic (exact) mass is 222 g/mol. The van der Waals surface area contributed by atoms with Gasteiger partial charge >= 0.3 is 7.12 Å². The van der Waals surface area contributed by atoms with Crippen molar-refractivity contribution in [1.82, 2.24) is 0 Å². The summed E-state index contributed by atoms with van der Waals surface area (Å²) >= 11 is 0. The van der Waals surface area contributed by atoms with E-state index in [1.807, 2.05) is 0 Å². The largest absolute Gasteiger partial charge is 0.490 e. The molecule has 0 N–H and O–H groups in total. The average molecular weight is 222 g/mol. The van der Waals surface area contributed by atoms with Gasteiger partial charge in [-0.2, -0.15) is 0 Å². The molecule has 1 unspecified atom stereocenters. The van der Waals surface area contributed by atoms with Gasteiger partial charge < -0.3 is 9.31 Å². The molecular formula is C13H23BO2. The Labute approximate surface area is 99.5 Å². The third-order valence-corrected chi connectivity index (χ3v) is 4.32. The maximum Gasteiger partial charge on any atom is 0.490 e. The summed E-state index contributed by atoms with van der Waals surface area (Å²) in [6.45, 7) is 10.7. The molecule has 0 bridgehead atoms. The second-order valence-corrected chi connectivity index (χ2v) is 6.12. The zero-order chi connectivity index (χ0) is 12.0. The summed E-state index contributed by atoms with van der Waals surface area (Å²) in [4.78, 5) is 0. The van der Waals surface area contributed by atoms with Crippen LogP contribution in [0.2, 0.25) is 0 Å². The quantitative estimate of drug-likeness (QED) is 0.633. The highest BCUT2D eigenvalue weighted by Gasteiger charge is 2.52. The summed E-state index contributed by atoms with van der Waals surface area (Å²) in [5.41, 5.74) is 0.927. The molecule has 2 rings (SSSR count). The van der Waals surface area contributed by atoms with E-state index in [2.05, 4.69) is 40.7 Å². The first-order chi connectivity index (χ1) is 7.33. The summed E-state index contributed by atoms with van der Waals surface area (Å²) in [7, 11) is -0.125. The smallest absolute Gasteiger partial charge is 0.400 e. The topological polar surface area (TPSA) is 18.5 Å². The van der Waals surface area contributed by atoms with Gasteiger partial charge in [0.15, 0.2) is 0 Å². The van der Waals surface area contributed by atoms with Gasteiger partial charge in [-0.3, -0.25) is 0 Å². The van der Waals surface area contributed by atoms with Crippen molar-refractivity contribution >= 4 is 7.12 Å². The average Bonchev–Trinajstić information content (AvgIpc) is 2.36. The van der Waals surface area contributed by atoms with Gasteiger partial charge in [0.2, 0.25) is 0 Å². The highest BCUT2D eigenvalue weighted by molar-refractivity contribution is 6.54. The van der Waals surface area contributed by atoms with Crippen LogP contribution in [-0.2, 0) is 9.31 Å². The van der Waals surface area contributed by atoms with E-state index < -0.39 is 0 Å². The second kappa shape index (κ2) is 3.88. The molecule has 0 spiro atoms. The zero-order valence-corrected chi connectivity index (χ0v) is 11.2. The SMILES string of the molecule is CC1CCCC=C1B1OC(C)(C)C(C)(C)O1. The highest BCUT2D eigenvalue weighted by Crippen LogP contribution is 2.41. The molecule has 1 aliphatic heterocycles. The second-order valence-electron chi connectivity index (χ2n) is 6.12. The Balaban J connectivity index is 2.17. The third-order valence-electron chi connectivity index (χ3n) is 4.32. The van der Waals surface area contributed by atoms with Crippen LogP contribution in [0.1, 0.15) is 53.9 Å². The molecule has 1 atom stereocenters. The molecule has 16 heavy (non-hydrogen) atoms. The molecular weight excluding hydrogens is 199 g/mol. The normalized spacial score (nSPS) is 32.7. The van der Waals surface area contributed by atoms with E-state index in [-0.39, 0.29) is 18.3 Å². The van der Waals surface area contributed by atoms with Gasteiger partial charge in [0.05, 0.1) is 11.2 Å². The number of rotatable bonds is 1. The molecule has 0 radical (unpaired) electrons. The molecule has 1 heterocycles. The number of allylic oxidation sites excluding steroid dienone is 2. The zero-order valence-electron chi connectivity index (χ0n) is 11.2. The van der Waals surface area contributed by atoms with Crippen LogP contribution >= 0.6 is 0 Å². The van der Waals surface area contributed by atoms with Crippen molar-refractivity contribution in [1.29, 1.82) is 0 Å². The lowest BCUT2D eigenvalue weighted by atomic mass is 9.67. The van der Waals surface area contributed by atoms with Crippen molar-refractivity contribution in [3.63, 3.8) is 0 Å². The van der Waals surface area contributed by atoms with Crippen molar-refractivity contribution in [2.24, 2.45) is 5.92 Å². The summed E-state index contributed by atoms with van der Waals surface area (Å²) in [6, 6.07) is 0. The van der Waals surface area contributed by atoms with Gasteiger partial charge in [-0.05, 0) is 58.3 Å². The Hall–Kier alpha value is -0.275. The van der Waals surface area contributed by atoms with Gasteiger partial charge in [-0.1, -0.05) is 13.0 Å². The van der Waals surface area contributed by atoms with Crippen LogP contribution in [0, 0.1) is 5.92 Å². The predicted octanol–water partition coefficient (Wildman–Crippen LogP) is 3.36. The van der Waals surface area contributed by atoms with Crippen LogP contribution in [0.3, 0.4) is 0 Å². The minimum Gasteiger partial charge on any atom is -0.400 e. The summed E-state index contributed by atoms with van der Waals surface area (Å²) in [6.07, 6.45) is 6.04. The summed E-state index contributed by atoms with van der Waals surface area (Å²) < 4.78 is 12.2. The predicted molar refractivity (Wildman–Crippen MR) is 67.2 cm³/mol. The maximum absolute atomic E-state index is 6.08. The standard InChI is InChI=1S/C13H23BO2/c1-10-8-6-7-9-11(10)14-15-12(2,3)13(4,5)16-14/h9-10H,6-8H2,1-5H3. The lowest BCUT2D eigenvalue weighted by Gasteiger charge is -2.32. The first-order valence-corrected chi connectivity index (χ1v) is 6.39. The molecule has 0 amide bonds. The summed E-state index contributed by atoms with van der Waals surface area (Å²) in [5.74, 6) is 0.600. The minimum absolute atomic E-state index is 0.125. The van der Waals surface area contributed by atoms with Crippen LogP contribution in [0.5, 0.6) is 0 Å². The fourth-order valence-corrected chi connectivity index (χ4v) is 2.37. The van der Waals surface area contributed by atoms with Gasteiger partial charge in [-0.15, -0.1) is 0 Å². The molecule has 2 nitrogen and oxygen atoms in total. The van der Waals surface area contributed by atoms with Crippen LogP contribution in [-0.4, -0.2) is 18.3 Å².